The third-order valence-electron chi connectivity index (χ3n) is 5.85. The van der Waals surface area contributed by atoms with E-state index in [2.05, 4.69) is 31.0 Å². The van der Waals surface area contributed by atoms with Gasteiger partial charge in [-0.05, 0) is 43.4 Å². The lowest BCUT2D eigenvalue weighted by Gasteiger charge is -2.35. The van der Waals surface area contributed by atoms with Crippen LogP contribution in [0.2, 0.25) is 0 Å². The van der Waals surface area contributed by atoms with E-state index >= 15 is 0 Å². The fourth-order valence-corrected chi connectivity index (χ4v) is 4.37. The lowest BCUT2D eigenvalue weighted by Crippen LogP contribution is -2.48. The molecule has 21 heavy (non-hydrogen) atoms. The van der Waals surface area contributed by atoms with Gasteiger partial charge < -0.3 is 4.90 Å². The van der Waals surface area contributed by atoms with Crippen molar-refractivity contribution in [3.63, 3.8) is 0 Å². The summed E-state index contributed by atoms with van der Waals surface area (Å²) in [6.07, 6.45) is 10.7. The zero-order valence-electron chi connectivity index (χ0n) is 14.0. The van der Waals surface area contributed by atoms with Gasteiger partial charge in [-0.3, -0.25) is 10.1 Å². The summed E-state index contributed by atoms with van der Waals surface area (Å²) in [7, 11) is 0. The molecule has 1 N–H and O–H groups in total. The molecule has 3 aliphatic rings. The number of nitrogens with one attached hydrogen (secondary N) is 1. The van der Waals surface area contributed by atoms with Crippen molar-refractivity contribution in [1.82, 2.24) is 10.2 Å². The minimum absolute atomic E-state index is 0.0452. The molecule has 0 spiro atoms. The zero-order chi connectivity index (χ0) is 15.0. The summed E-state index contributed by atoms with van der Waals surface area (Å²) >= 11 is 0. The second-order valence-electron chi connectivity index (χ2n) is 7.86. The maximum atomic E-state index is 13.0. The second-order valence-corrected chi connectivity index (χ2v) is 7.86. The topological polar surface area (TPSA) is 32.3 Å². The molecular weight excluding hydrogens is 260 g/mol. The van der Waals surface area contributed by atoms with Gasteiger partial charge in [-0.25, -0.2) is 0 Å². The highest BCUT2D eigenvalue weighted by Crippen LogP contribution is 2.39. The zero-order valence-corrected chi connectivity index (χ0v) is 14.0. The van der Waals surface area contributed by atoms with E-state index in [0.717, 1.165) is 12.3 Å². The normalized spacial score (nSPS) is 32.4. The van der Waals surface area contributed by atoms with Crippen molar-refractivity contribution >= 4 is 5.91 Å². The van der Waals surface area contributed by atoms with Crippen LogP contribution in [0.25, 0.3) is 0 Å². The van der Waals surface area contributed by atoms with Gasteiger partial charge in [0.25, 0.3) is 0 Å². The molecule has 0 radical (unpaired) electrons. The fourth-order valence-electron chi connectivity index (χ4n) is 4.37. The Morgan fingerprint density at radius 2 is 1.86 bits per heavy atom. The highest BCUT2D eigenvalue weighted by Gasteiger charge is 2.47. The van der Waals surface area contributed by atoms with Crippen molar-refractivity contribution in [3.8, 4) is 0 Å². The van der Waals surface area contributed by atoms with Crippen LogP contribution in [0, 0.1) is 17.8 Å². The van der Waals surface area contributed by atoms with Gasteiger partial charge in [0.05, 0.1) is 12.2 Å². The number of nitrogens with zero attached hydrogens (tertiary/aromatic N) is 1. The number of carbonyl (C=O) groups excluding carboxylic acids is 1. The Balaban J connectivity index is 1.78. The summed E-state index contributed by atoms with van der Waals surface area (Å²) in [5, 5.41) is 3.72. The predicted octanol–water partition coefficient (Wildman–Crippen LogP) is 3.54. The standard InChI is InChI=1S/C18H32N2O/c1-4-15(11-13-9-10-13)20-17(14-7-5-6-8-14)19-16(12(2)3)18(20)21/h12-17,19H,4-11H2,1-3H3. The molecule has 3 heteroatoms. The first-order valence-electron chi connectivity index (χ1n) is 9.20. The summed E-state index contributed by atoms with van der Waals surface area (Å²) in [6.45, 7) is 6.61. The first kappa shape index (κ1) is 15.3. The molecule has 3 rings (SSSR count). The van der Waals surface area contributed by atoms with Crippen molar-refractivity contribution in [2.45, 2.75) is 90.4 Å². The molecule has 120 valence electrons. The fraction of sp³-hybridized carbons (Fsp3) is 0.944. The maximum absolute atomic E-state index is 13.0. The van der Waals surface area contributed by atoms with E-state index in [-0.39, 0.29) is 6.04 Å². The lowest BCUT2D eigenvalue weighted by atomic mass is 9.99. The van der Waals surface area contributed by atoms with Gasteiger partial charge in [0, 0.05) is 6.04 Å². The maximum Gasteiger partial charge on any atom is 0.241 e. The summed E-state index contributed by atoms with van der Waals surface area (Å²) in [5.41, 5.74) is 0. The average molecular weight is 292 g/mol. The van der Waals surface area contributed by atoms with Crippen LogP contribution in [-0.2, 0) is 4.79 Å². The van der Waals surface area contributed by atoms with Crippen LogP contribution in [0.15, 0.2) is 0 Å². The van der Waals surface area contributed by atoms with Crippen molar-refractivity contribution in [2.24, 2.45) is 17.8 Å². The lowest BCUT2D eigenvalue weighted by molar-refractivity contribution is -0.134. The molecule has 1 amide bonds. The van der Waals surface area contributed by atoms with Gasteiger partial charge in [-0.2, -0.15) is 0 Å². The summed E-state index contributed by atoms with van der Waals surface area (Å²) in [5.74, 6) is 2.36. The third kappa shape index (κ3) is 3.13. The minimum Gasteiger partial charge on any atom is -0.323 e. The van der Waals surface area contributed by atoms with Crippen LogP contribution in [0.1, 0.15) is 72.1 Å². The van der Waals surface area contributed by atoms with Crippen LogP contribution < -0.4 is 5.32 Å². The molecule has 3 nitrogen and oxygen atoms in total. The van der Waals surface area contributed by atoms with E-state index in [4.69, 9.17) is 0 Å². The molecular formula is C18H32N2O. The van der Waals surface area contributed by atoms with Gasteiger partial charge in [0.2, 0.25) is 5.91 Å². The minimum atomic E-state index is 0.0452. The molecule has 3 fully saturated rings. The van der Waals surface area contributed by atoms with Crippen LogP contribution in [0.3, 0.4) is 0 Å². The number of hydrogen-bond donors (Lipinski definition) is 1. The Kier molecular flexibility index (Phi) is 4.58. The molecule has 0 aromatic carbocycles. The molecule has 2 saturated carbocycles. The van der Waals surface area contributed by atoms with Crippen molar-refractivity contribution in [2.75, 3.05) is 0 Å². The van der Waals surface area contributed by atoms with Crippen LogP contribution in [0.5, 0.6) is 0 Å². The monoisotopic (exact) mass is 292 g/mol. The first-order valence-corrected chi connectivity index (χ1v) is 9.20. The molecule has 3 atom stereocenters. The Morgan fingerprint density at radius 3 is 2.38 bits per heavy atom. The quantitative estimate of drug-likeness (QED) is 0.812. The van der Waals surface area contributed by atoms with Gasteiger partial charge in [-0.15, -0.1) is 0 Å². The van der Waals surface area contributed by atoms with Crippen molar-refractivity contribution < 1.29 is 4.79 Å². The van der Waals surface area contributed by atoms with Crippen molar-refractivity contribution in [1.29, 1.82) is 0 Å². The summed E-state index contributed by atoms with van der Waals surface area (Å²) < 4.78 is 0. The van der Waals surface area contributed by atoms with Crippen molar-refractivity contribution in [3.05, 3.63) is 0 Å². The molecule has 0 bridgehead atoms. The molecule has 1 aliphatic heterocycles. The van der Waals surface area contributed by atoms with Crippen LogP contribution in [-0.4, -0.2) is 29.1 Å². The van der Waals surface area contributed by atoms with Crippen LogP contribution in [0.4, 0.5) is 0 Å². The van der Waals surface area contributed by atoms with E-state index in [1.165, 1.54) is 44.9 Å². The highest BCUT2D eigenvalue weighted by molar-refractivity contribution is 5.85. The molecule has 0 aromatic heterocycles. The Labute approximate surface area is 129 Å². The number of carbonyl (C=O) groups is 1. The largest absolute Gasteiger partial charge is 0.323 e. The summed E-state index contributed by atoms with van der Waals surface area (Å²) in [6, 6.07) is 0.510. The Hall–Kier alpha value is -0.570. The van der Waals surface area contributed by atoms with Crippen LogP contribution >= 0.6 is 0 Å². The van der Waals surface area contributed by atoms with Gasteiger partial charge in [0.1, 0.15) is 0 Å². The summed E-state index contributed by atoms with van der Waals surface area (Å²) in [4.78, 5) is 15.3. The smallest absolute Gasteiger partial charge is 0.241 e. The number of hydrogen-bond acceptors (Lipinski definition) is 2. The molecule has 0 aromatic rings. The number of rotatable bonds is 6. The Morgan fingerprint density at radius 1 is 1.19 bits per heavy atom. The van der Waals surface area contributed by atoms with Gasteiger partial charge >= 0.3 is 0 Å². The third-order valence-corrected chi connectivity index (χ3v) is 5.85. The molecule has 1 saturated heterocycles. The predicted molar refractivity (Wildman–Crippen MR) is 85.8 cm³/mol. The average Bonchev–Trinajstić information content (AvgIpc) is 2.98. The van der Waals surface area contributed by atoms with E-state index in [1.54, 1.807) is 0 Å². The van der Waals surface area contributed by atoms with Gasteiger partial charge in [0.15, 0.2) is 0 Å². The first-order chi connectivity index (χ1) is 10.1. The van der Waals surface area contributed by atoms with E-state index < -0.39 is 0 Å². The molecule has 2 aliphatic carbocycles. The highest BCUT2D eigenvalue weighted by atomic mass is 16.2. The van der Waals surface area contributed by atoms with Gasteiger partial charge in [-0.1, -0.05) is 46.5 Å². The molecule has 3 unspecified atom stereocenters. The Bertz CT molecular complexity index is 371. The molecule has 1 heterocycles. The van der Waals surface area contributed by atoms with E-state index in [0.29, 0.717) is 30.0 Å². The SMILES string of the molecule is CCC(CC1CC1)N1C(=O)C(C(C)C)NC1C1CCCC1. The van der Waals surface area contributed by atoms with E-state index in [1.807, 2.05) is 0 Å². The van der Waals surface area contributed by atoms with E-state index in [9.17, 15) is 4.79 Å². The number of amides is 1. The second kappa shape index (κ2) is 6.28.